The maximum atomic E-state index is 3.87. The third-order valence-electron chi connectivity index (χ3n) is 5.99. The molecule has 0 spiro atoms. The molecule has 21 heavy (non-hydrogen) atoms. The van der Waals surface area contributed by atoms with Gasteiger partial charge in [0.2, 0.25) is 0 Å². The van der Waals surface area contributed by atoms with Gasteiger partial charge in [-0.05, 0) is 69.6 Å². The van der Waals surface area contributed by atoms with Crippen molar-refractivity contribution in [3.63, 3.8) is 0 Å². The Morgan fingerprint density at radius 3 is 2.48 bits per heavy atom. The van der Waals surface area contributed by atoms with Crippen LogP contribution in [0.1, 0.15) is 72.1 Å². The van der Waals surface area contributed by atoms with E-state index in [2.05, 4.69) is 31.0 Å². The molecule has 1 N–H and O–H groups in total. The van der Waals surface area contributed by atoms with Gasteiger partial charge in [0.05, 0.1) is 0 Å². The van der Waals surface area contributed by atoms with Gasteiger partial charge in [-0.2, -0.15) is 0 Å². The molecule has 0 radical (unpaired) electrons. The van der Waals surface area contributed by atoms with Crippen LogP contribution in [0.3, 0.4) is 0 Å². The molecule has 3 fully saturated rings. The van der Waals surface area contributed by atoms with Crippen LogP contribution in [0.5, 0.6) is 0 Å². The molecule has 0 aromatic carbocycles. The van der Waals surface area contributed by atoms with E-state index in [0.717, 1.165) is 17.9 Å². The van der Waals surface area contributed by atoms with Crippen molar-refractivity contribution in [1.82, 2.24) is 10.2 Å². The first-order valence-corrected chi connectivity index (χ1v) is 9.54. The Hall–Kier alpha value is -0.0800. The molecule has 122 valence electrons. The molecule has 0 aromatic rings. The molecule has 0 aliphatic heterocycles. The molecule has 0 heterocycles. The van der Waals surface area contributed by atoms with Crippen LogP contribution in [0, 0.1) is 17.3 Å². The average molecular weight is 293 g/mol. The van der Waals surface area contributed by atoms with Gasteiger partial charge >= 0.3 is 0 Å². The fraction of sp³-hybridized carbons (Fsp3) is 1.00. The van der Waals surface area contributed by atoms with E-state index in [4.69, 9.17) is 0 Å². The lowest BCUT2D eigenvalue weighted by Crippen LogP contribution is -2.49. The van der Waals surface area contributed by atoms with Gasteiger partial charge in [-0.25, -0.2) is 0 Å². The summed E-state index contributed by atoms with van der Waals surface area (Å²) in [6, 6.07) is 1.57. The highest BCUT2D eigenvalue weighted by molar-refractivity contribution is 4.94. The smallest absolute Gasteiger partial charge is 0.00684 e. The minimum absolute atomic E-state index is 0.555. The zero-order chi connectivity index (χ0) is 14.9. The maximum Gasteiger partial charge on any atom is 0.00684 e. The average Bonchev–Trinajstić information content (AvgIpc) is 3.31. The van der Waals surface area contributed by atoms with E-state index in [0.29, 0.717) is 11.5 Å². The lowest BCUT2D eigenvalue weighted by atomic mass is 9.69. The van der Waals surface area contributed by atoms with Crippen molar-refractivity contribution >= 4 is 0 Å². The van der Waals surface area contributed by atoms with E-state index in [1.165, 1.54) is 71.0 Å². The minimum Gasteiger partial charge on any atom is -0.313 e. The third-order valence-corrected chi connectivity index (χ3v) is 5.99. The van der Waals surface area contributed by atoms with Crippen LogP contribution in [0.15, 0.2) is 0 Å². The molecule has 2 heteroatoms. The number of rotatable bonds is 8. The van der Waals surface area contributed by atoms with Crippen molar-refractivity contribution in [2.24, 2.45) is 17.3 Å². The van der Waals surface area contributed by atoms with Gasteiger partial charge < -0.3 is 10.2 Å². The highest BCUT2D eigenvalue weighted by Gasteiger charge is 2.39. The number of nitrogens with one attached hydrogen (secondary N) is 1. The molecule has 0 aromatic heterocycles. The van der Waals surface area contributed by atoms with E-state index < -0.39 is 0 Å². The van der Waals surface area contributed by atoms with Crippen LogP contribution >= 0.6 is 0 Å². The number of hydrogen-bond donors (Lipinski definition) is 1. The molecule has 2 atom stereocenters. The van der Waals surface area contributed by atoms with Gasteiger partial charge in [-0.15, -0.1) is 0 Å². The standard InChI is InChI=1S/C19H36N2/c1-15(2)21(12-17-6-7-17)14-19(13-20-18-8-9-18)10-4-5-16(3)11-19/h15-18,20H,4-14H2,1-3H3. The Morgan fingerprint density at radius 2 is 1.90 bits per heavy atom. The minimum atomic E-state index is 0.555. The van der Waals surface area contributed by atoms with Gasteiger partial charge in [-0.3, -0.25) is 0 Å². The first kappa shape index (κ1) is 15.8. The molecule has 2 nitrogen and oxygen atoms in total. The topological polar surface area (TPSA) is 15.3 Å². The van der Waals surface area contributed by atoms with Gasteiger partial charge in [0.25, 0.3) is 0 Å². The summed E-state index contributed by atoms with van der Waals surface area (Å²) in [5, 5.41) is 3.87. The van der Waals surface area contributed by atoms with Crippen molar-refractivity contribution in [2.45, 2.75) is 84.2 Å². The van der Waals surface area contributed by atoms with E-state index in [9.17, 15) is 0 Å². The molecular formula is C19H36N2. The maximum absolute atomic E-state index is 3.87. The first-order valence-electron chi connectivity index (χ1n) is 9.54. The fourth-order valence-corrected chi connectivity index (χ4v) is 4.30. The zero-order valence-corrected chi connectivity index (χ0v) is 14.5. The van der Waals surface area contributed by atoms with Gasteiger partial charge in [0, 0.05) is 31.7 Å². The van der Waals surface area contributed by atoms with Crippen molar-refractivity contribution in [1.29, 1.82) is 0 Å². The second kappa shape index (κ2) is 6.58. The quantitative estimate of drug-likeness (QED) is 0.726. The highest BCUT2D eigenvalue weighted by Crippen LogP contribution is 2.41. The van der Waals surface area contributed by atoms with Crippen LogP contribution in [-0.2, 0) is 0 Å². The third kappa shape index (κ3) is 4.69. The predicted octanol–water partition coefficient (Wildman–Crippen LogP) is 4.06. The molecule has 0 saturated heterocycles. The number of hydrogen-bond acceptors (Lipinski definition) is 2. The monoisotopic (exact) mass is 292 g/mol. The lowest BCUT2D eigenvalue weighted by molar-refractivity contribution is 0.0618. The van der Waals surface area contributed by atoms with Crippen LogP contribution in [0.4, 0.5) is 0 Å². The first-order chi connectivity index (χ1) is 10.1. The van der Waals surface area contributed by atoms with Crippen molar-refractivity contribution in [3.8, 4) is 0 Å². The second-order valence-corrected chi connectivity index (χ2v) is 8.82. The lowest BCUT2D eigenvalue weighted by Gasteiger charge is -2.45. The molecule has 3 saturated carbocycles. The summed E-state index contributed by atoms with van der Waals surface area (Å²) in [5.41, 5.74) is 0.555. The van der Waals surface area contributed by atoms with Crippen LogP contribution in [0.25, 0.3) is 0 Å². The van der Waals surface area contributed by atoms with Gasteiger partial charge in [0.1, 0.15) is 0 Å². The SMILES string of the molecule is CC1CCCC(CNC2CC2)(CN(CC2CC2)C(C)C)C1. The van der Waals surface area contributed by atoms with E-state index in [1.54, 1.807) is 0 Å². The summed E-state index contributed by atoms with van der Waals surface area (Å²) >= 11 is 0. The van der Waals surface area contributed by atoms with Gasteiger partial charge in [-0.1, -0.05) is 19.8 Å². The normalized spacial score (nSPS) is 33.9. The Balaban J connectivity index is 1.63. The van der Waals surface area contributed by atoms with Gasteiger partial charge in [0.15, 0.2) is 0 Å². The van der Waals surface area contributed by atoms with E-state index in [-0.39, 0.29) is 0 Å². The Bertz CT molecular complexity index is 332. The fourth-order valence-electron chi connectivity index (χ4n) is 4.30. The summed E-state index contributed by atoms with van der Waals surface area (Å²) < 4.78 is 0. The predicted molar refractivity (Wildman–Crippen MR) is 90.5 cm³/mol. The summed E-state index contributed by atoms with van der Waals surface area (Å²) in [7, 11) is 0. The highest BCUT2D eigenvalue weighted by atomic mass is 15.2. The molecule has 3 rings (SSSR count). The second-order valence-electron chi connectivity index (χ2n) is 8.82. The Morgan fingerprint density at radius 1 is 1.14 bits per heavy atom. The van der Waals surface area contributed by atoms with Crippen molar-refractivity contribution in [3.05, 3.63) is 0 Å². The summed E-state index contributed by atoms with van der Waals surface area (Å²) in [5.74, 6) is 1.94. The van der Waals surface area contributed by atoms with Crippen molar-refractivity contribution in [2.75, 3.05) is 19.6 Å². The Labute approximate surface area is 132 Å². The molecular weight excluding hydrogens is 256 g/mol. The molecule has 0 bridgehead atoms. The Kier molecular flexibility index (Phi) is 4.95. The largest absolute Gasteiger partial charge is 0.313 e. The summed E-state index contributed by atoms with van der Waals surface area (Å²) in [6.45, 7) is 11.2. The summed E-state index contributed by atoms with van der Waals surface area (Å²) in [6.07, 6.45) is 11.6. The zero-order valence-electron chi connectivity index (χ0n) is 14.5. The molecule has 2 unspecified atom stereocenters. The number of nitrogens with zero attached hydrogens (tertiary/aromatic N) is 1. The van der Waals surface area contributed by atoms with Crippen molar-refractivity contribution < 1.29 is 0 Å². The van der Waals surface area contributed by atoms with E-state index >= 15 is 0 Å². The van der Waals surface area contributed by atoms with E-state index in [1.807, 2.05) is 0 Å². The van der Waals surface area contributed by atoms with Crippen LogP contribution in [0.2, 0.25) is 0 Å². The molecule has 3 aliphatic rings. The summed E-state index contributed by atoms with van der Waals surface area (Å²) in [4.78, 5) is 2.81. The van der Waals surface area contributed by atoms with Crippen LogP contribution in [-0.4, -0.2) is 36.6 Å². The van der Waals surface area contributed by atoms with Crippen LogP contribution < -0.4 is 5.32 Å². The molecule has 3 aliphatic carbocycles. The molecule has 0 amide bonds.